The summed E-state index contributed by atoms with van der Waals surface area (Å²) in [6.45, 7) is 2.85. The molecule has 2 saturated heterocycles. The van der Waals surface area contributed by atoms with Crippen LogP contribution >= 0.6 is 19.4 Å². The number of hydrogen-bond donors (Lipinski definition) is 2. The molecule has 10 nitrogen and oxygen atoms in total. The van der Waals surface area contributed by atoms with Gasteiger partial charge in [-0.05, 0) is 37.6 Å². The van der Waals surface area contributed by atoms with Gasteiger partial charge < -0.3 is 19.9 Å². The maximum absolute atomic E-state index is 15.8. The lowest BCUT2D eigenvalue weighted by molar-refractivity contribution is -0.0774. The van der Waals surface area contributed by atoms with Crippen molar-refractivity contribution in [3.8, 4) is 0 Å². The lowest BCUT2D eigenvalue weighted by Gasteiger charge is -2.35. The van der Waals surface area contributed by atoms with Gasteiger partial charge in [-0.3, -0.25) is 18.5 Å². The monoisotopic (exact) mass is 520 g/mol. The standard InChI is InChI=1S/C21H27ClFN2O8P/c1-3-29-18-16(32-19(21(18,2)23)25-9-7-17(26)24-20(25)27)12-31-34(28)30-10-8-15(33-34)13-5-4-6-14(22)11-13/h4-7,9,11,15-19,26H,3,8,10,12H2,1-2H3,(H,24,27)/t15-,16+,17?,18+,19+,21+,34+/m0/s1. The van der Waals surface area contributed by atoms with Crippen molar-refractivity contribution in [2.45, 2.75) is 56.7 Å². The van der Waals surface area contributed by atoms with Crippen LogP contribution in [0.15, 0.2) is 36.5 Å². The van der Waals surface area contributed by atoms with Gasteiger partial charge in [0.2, 0.25) is 0 Å². The number of aliphatic hydroxyl groups excluding tert-OH is 1. The van der Waals surface area contributed by atoms with Crippen LogP contribution in [0.1, 0.15) is 31.9 Å². The Balaban J connectivity index is 1.47. The van der Waals surface area contributed by atoms with E-state index in [0.717, 1.165) is 10.5 Å². The zero-order chi connectivity index (χ0) is 24.5. The zero-order valence-corrected chi connectivity index (χ0v) is 20.3. The minimum Gasteiger partial charge on any atom is -0.372 e. The third-order valence-corrected chi connectivity index (χ3v) is 7.43. The van der Waals surface area contributed by atoms with Crippen molar-refractivity contribution in [3.05, 3.63) is 47.1 Å². The Labute approximate surface area is 201 Å². The summed E-state index contributed by atoms with van der Waals surface area (Å²) >= 11 is 6.05. The fraction of sp³-hybridized carbons (Fsp3) is 0.571. The molecule has 3 heterocycles. The Hall–Kier alpha value is -1.56. The molecule has 0 bridgehead atoms. The molecule has 0 aromatic heterocycles. The highest BCUT2D eigenvalue weighted by molar-refractivity contribution is 7.48. The second-order valence-electron chi connectivity index (χ2n) is 8.21. The summed E-state index contributed by atoms with van der Waals surface area (Å²) in [5.74, 6) is 0. The molecule has 3 aliphatic rings. The van der Waals surface area contributed by atoms with Gasteiger partial charge in [-0.25, -0.2) is 13.8 Å². The van der Waals surface area contributed by atoms with Crippen molar-refractivity contribution in [2.75, 3.05) is 19.8 Å². The van der Waals surface area contributed by atoms with Gasteiger partial charge in [0.05, 0.1) is 19.3 Å². The summed E-state index contributed by atoms with van der Waals surface area (Å²) in [6, 6.07) is 6.24. The van der Waals surface area contributed by atoms with Gasteiger partial charge >= 0.3 is 13.9 Å². The van der Waals surface area contributed by atoms with E-state index in [1.54, 1.807) is 31.2 Å². The summed E-state index contributed by atoms with van der Waals surface area (Å²) < 4.78 is 56.9. The number of benzene rings is 1. The number of amides is 2. The highest BCUT2D eigenvalue weighted by atomic mass is 35.5. The molecule has 4 rings (SSSR count). The number of rotatable bonds is 7. The number of carbonyl (C=O) groups is 1. The lowest BCUT2D eigenvalue weighted by Crippen LogP contribution is -2.56. The lowest BCUT2D eigenvalue weighted by atomic mass is 9.97. The van der Waals surface area contributed by atoms with E-state index in [1.807, 2.05) is 0 Å². The molecule has 0 radical (unpaired) electrons. The van der Waals surface area contributed by atoms with E-state index in [4.69, 9.17) is 34.6 Å². The Bertz CT molecular complexity index is 982. The number of carbonyl (C=O) groups excluding carboxylic acids is 1. The molecule has 2 fully saturated rings. The van der Waals surface area contributed by atoms with Crippen molar-refractivity contribution in [1.29, 1.82) is 0 Å². The van der Waals surface area contributed by atoms with Gasteiger partial charge in [-0.2, -0.15) is 0 Å². The molecular weight excluding hydrogens is 494 g/mol. The molecule has 2 amide bonds. The number of phosphoric ester groups is 1. The van der Waals surface area contributed by atoms with Gasteiger partial charge in [0.25, 0.3) is 0 Å². The molecule has 0 spiro atoms. The SMILES string of the molecule is CCO[C@@H]1[C@@H](CO[P@@]2(=O)OCC[C@@H](c3cccc(Cl)c3)O2)O[C@@H](N2C=CC(O)NC2=O)[C@]1(C)F. The van der Waals surface area contributed by atoms with Gasteiger partial charge in [-0.1, -0.05) is 23.7 Å². The van der Waals surface area contributed by atoms with E-state index < -0.39 is 50.3 Å². The van der Waals surface area contributed by atoms with Crippen LogP contribution in [0.5, 0.6) is 0 Å². The minimum absolute atomic E-state index is 0.124. The number of hydrogen-bond acceptors (Lipinski definition) is 8. The van der Waals surface area contributed by atoms with E-state index in [-0.39, 0.29) is 19.8 Å². The van der Waals surface area contributed by atoms with E-state index in [1.165, 1.54) is 19.2 Å². The number of nitrogens with zero attached hydrogens (tertiary/aromatic N) is 1. The molecule has 7 atom stereocenters. The number of urea groups is 1. The second-order valence-corrected chi connectivity index (χ2v) is 10.3. The molecule has 188 valence electrons. The molecule has 2 N–H and O–H groups in total. The number of halogens is 2. The van der Waals surface area contributed by atoms with Crippen molar-refractivity contribution >= 4 is 25.5 Å². The summed E-state index contributed by atoms with van der Waals surface area (Å²) in [5.41, 5.74) is -1.43. The van der Waals surface area contributed by atoms with Gasteiger partial charge in [0.1, 0.15) is 18.4 Å². The van der Waals surface area contributed by atoms with Gasteiger partial charge in [-0.15, -0.1) is 0 Å². The van der Waals surface area contributed by atoms with Crippen molar-refractivity contribution in [3.63, 3.8) is 0 Å². The van der Waals surface area contributed by atoms with Crippen LogP contribution in [-0.4, -0.2) is 66.2 Å². The second kappa shape index (κ2) is 10.2. The van der Waals surface area contributed by atoms with Crippen LogP contribution in [0.25, 0.3) is 0 Å². The van der Waals surface area contributed by atoms with Crippen LogP contribution < -0.4 is 5.32 Å². The number of aliphatic hydroxyl groups is 1. The van der Waals surface area contributed by atoms with Crippen LogP contribution in [0.3, 0.4) is 0 Å². The summed E-state index contributed by atoms with van der Waals surface area (Å²) in [4.78, 5) is 13.3. The van der Waals surface area contributed by atoms with E-state index in [2.05, 4.69) is 5.32 Å². The molecule has 1 aromatic rings. The van der Waals surface area contributed by atoms with E-state index >= 15 is 4.39 Å². The molecule has 34 heavy (non-hydrogen) atoms. The first kappa shape index (κ1) is 25.5. The summed E-state index contributed by atoms with van der Waals surface area (Å²) in [7, 11) is -4.00. The highest BCUT2D eigenvalue weighted by Crippen LogP contribution is 2.57. The highest BCUT2D eigenvalue weighted by Gasteiger charge is 2.59. The minimum atomic E-state index is -4.00. The van der Waals surface area contributed by atoms with Crippen molar-refractivity contribution in [2.24, 2.45) is 0 Å². The fourth-order valence-corrected chi connectivity index (χ4v) is 5.73. The van der Waals surface area contributed by atoms with Gasteiger partial charge in [0, 0.05) is 24.3 Å². The topological polar surface area (TPSA) is 116 Å². The molecule has 0 aliphatic carbocycles. The van der Waals surface area contributed by atoms with Crippen LogP contribution in [0.2, 0.25) is 5.02 Å². The third kappa shape index (κ3) is 5.32. The number of phosphoric acid groups is 1. The van der Waals surface area contributed by atoms with Crippen molar-refractivity contribution in [1.82, 2.24) is 10.2 Å². The summed E-state index contributed by atoms with van der Waals surface area (Å²) in [6.07, 6.45) is -2.33. The predicted molar refractivity (Wildman–Crippen MR) is 119 cm³/mol. The average Bonchev–Trinajstić information content (AvgIpc) is 3.03. The molecule has 0 saturated carbocycles. The smallest absolute Gasteiger partial charge is 0.372 e. The Morgan fingerprint density at radius 3 is 2.94 bits per heavy atom. The normalized spacial score (nSPS) is 38.2. The molecular formula is C21H27ClFN2O8P. The van der Waals surface area contributed by atoms with Gasteiger partial charge in [0.15, 0.2) is 11.9 Å². The van der Waals surface area contributed by atoms with Crippen molar-refractivity contribution < 1.29 is 41.9 Å². The van der Waals surface area contributed by atoms with Crippen LogP contribution in [-0.2, 0) is 27.6 Å². The first-order valence-corrected chi connectivity index (χ1v) is 12.7. The maximum Gasteiger partial charge on any atom is 0.475 e. The first-order valence-electron chi connectivity index (χ1n) is 10.9. The molecule has 3 aliphatic heterocycles. The van der Waals surface area contributed by atoms with Crippen LogP contribution in [0, 0.1) is 0 Å². The number of nitrogens with one attached hydrogen (secondary N) is 1. The van der Waals surface area contributed by atoms with Crippen LogP contribution in [0.4, 0.5) is 9.18 Å². The predicted octanol–water partition coefficient (Wildman–Crippen LogP) is 3.66. The average molecular weight is 521 g/mol. The number of ether oxygens (including phenoxy) is 2. The molecule has 1 aromatic carbocycles. The third-order valence-electron chi connectivity index (χ3n) is 5.72. The van der Waals surface area contributed by atoms with E-state index in [0.29, 0.717) is 11.4 Å². The van der Waals surface area contributed by atoms with E-state index in [9.17, 15) is 14.5 Å². The quantitative estimate of drug-likeness (QED) is 0.523. The first-order chi connectivity index (χ1) is 16.1. The zero-order valence-electron chi connectivity index (χ0n) is 18.6. The molecule has 13 heteroatoms. The number of alkyl halides is 1. The Morgan fingerprint density at radius 2 is 2.24 bits per heavy atom. The largest absolute Gasteiger partial charge is 0.475 e. The Kier molecular flexibility index (Phi) is 7.66. The summed E-state index contributed by atoms with van der Waals surface area (Å²) in [5, 5.41) is 12.3. The fourth-order valence-electron chi connectivity index (χ4n) is 4.14. The maximum atomic E-state index is 15.8. The Morgan fingerprint density at radius 1 is 1.44 bits per heavy atom. The molecule has 1 unspecified atom stereocenters.